The summed E-state index contributed by atoms with van der Waals surface area (Å²) < 4.78 is 39.3. The minimum atomic E-state index is -4.75. The van der Waals surface area contributed by atoms with Gasteiger partial charge in [-0.05, 0) is 24.7 Å². The topological polar surface area (TPSA) is 58.6 Å². The fraction of sp³-hybridized carbons (Fsp3) is 0.300. The molecule has 1 atom stereocenters. The van der Waals surface area contributed by atoms with Gasteiger partial charge in [-0.2, -0.15) is 0 Å². The summed E-state index contributed by atoms with van der Waals surface area (Å²) in [6.07, 6.45) is -4.75. The second-order valence-electron chi connectivity index (χ2n) is 3.18. The molecule has 0 spiro atoms. The Bertz CT molecular complexity index is 389. The van der Waals surface area contributed by atoms with Crippen LogP contribution in [-0.2, 0) is 4.79 Å². The third-order valence-electron chi connectivity index (χ3n) is 1.98. The summed E-state index contributed by atoms with van der Waals surface area (Å²) in [5.41, 5.74) is 0.342. The number of ether oxygens (including phenoxy) is 1. The molecule has 4 nitrogen and oxygen atoms in total. The molecule has 0 aliphatic rings. The standard InChI is InChI=1S/C10H10F3NO3/c1-14-8(9(15)16)6-2-4-7(5-3-6)17-10(11,12)13/h2-5,8,14H,1H3,(H,15,16)/t8-/m0/s1. The molecule has 0 saturated heterocycles. The maximum absolute atomic E-state index is 11.9. The molecular weight excluding hydrogens is 239 g/mol. The van der Waals surface area contributed by atoms with E-state index in [0.29, 0.717) is 5.56 Å². The van der Waals surface area contributed by atoms with Gasteiger partial charge in [-0.1, -0.05) is 12.1 Å². The molecule has 0 saturated carbocycles. The molecule has 2 N–H and O–H groups in total. The second kappa shape index (κ2) is 5.05. The largest absolute Gasteiger partial charge is 0.573 e. The molecule has 7 heteroatoms. The number of likely N-dealkylation sites (N-methyl/N-ethyl adjacent to an activating group) is 1. The fourth-order valence-electron chi connectivity index (χ4n) is 1.29. The Balaban J connectivity index is 2.84. The fourth-order valence-corrected chi connectivity index (χ4v) is 1.29. The summed E-state index contributed by atoms with van der Waals surface area (Å²) >= 11 is 0. The van der Waals surface area contributed by atoms with E-state index in [4.69, 9.17) is 5.11 Å². The van der Waals surface area contributed by atoms with Crippen molar-refractivity contribution in [1.29, 1.82) is 0 Å². The average molecular weight is 249 g/mol. The summed E-state index contributed by atoms with van der Waals surface area (Å²) in [5.74, 6) is -1.50. The molecule has 0 unspecified atom stereocenters. The number of alkyl halides is 3. The molecule has 0 aliphatic carbocycles. The zero-order valence-electron chi connectivity index (χ0n) is 8.78. The zero-order chi connectivity index (χ0) is 13.1. The molecule has 0 aliphatic heterocycles. The molecule has 0 heterocycles. The number of rotatable bonds is 4. The van der Waals surface area contributed by atoms with E-state index in [9.17, 15) is 18.0 Å². The molecule has 0 fully saturated rings. The highest BCUT2D eigenvalue weighted by Gasteiger charge is 2.31. The molecular formula is C10H10F3NO3. The first-order valence-electron chi connectivity index (χ1n) is 4.59. The van der Waals surface area contributed by atoms with Gasteiger partial charge >= 0.3 is 12.3 Å². The number of benzene rings is 1. The summed E-state index contributed by atoms with van der Waals surface area (Å²) in [5, 5.41) is 11.3. The van der Waals surface area contributed by atoms with Gasteiger partial charge in [-0.25, -0.2) is 0 Å². The summed E-state index contributed by atoms with van der Waals surface area (Å²) in [4.78, 5) is 10.8. The molecule has 0 radical (unpaired) electrons. The van der Waals surface area contributed by atoms with Crippen molar-refractivity contribution in [1.82, 2.24) is 5.32 Å². The van der Waals surface area contributed by atoms with Crippen LogP contribution in [0.2, 0.25) is 0 Å². The van der Waals surface area contributed by atoms with Crippen molar-refractivity contribution in [2.75, 3.05) is 7.05 Å². The average Bonchev–Trinajstić information content (AvgIpc) is 2.18. The number of hydrogen-bond donors (Lipinski definition) is 2. The Morgan fingerprint density at radius 1 is 1.35 bits per heavy atom. The van der Waals surface area contributed by atoms with Crippen molar-refractivity contribution in [2.24, 2.45) is 0 Å². The summed E-state index contributed by atoms with van der Waals surface area (Å²) in [6, 6.07) is 3.69. The van der Waals surface area contributed by atoms with E-state index in [1.54, 1.807) is 0 Å². The first kappa shape index (κ1) is 13.3. The van der Waals surface area contributed by atoms with Gasteiger partial charge in [0.05, 0.1) is 0 Å². The van der Waals surface area contributed by atoms with Crippen LogP contribution in [0.3, 0.4) is 0 Å². The second-order valence-corrected chi connectivity index (χ2v) is 3.18. The van der Waals surface area contributed by atoms with Crippen LogP contribution in [0.25, 0.3) is 0 Å². The number of aliphatic carboxylic acids is 1. The predicted molar refractivity (Wildman–Crippen MR) is 52.6 cm³/mol. The van der Waals surface area contributed by atoms with Crippen molar-refractivity contribution in [2.45, 2.75) is 12.4 Å². The van der Waals surface area contributed by atoms with Crippen LogP contribution >= 0.6 is 0 Å². The van der Waals surface area contributed by atoms with Crippen LogP contribution < -0.4 is 10.1 Å². The van der Waals surface area contributed by atoms with Crippen molar-refractivity contribution >= 4 is 5.97 Å². The van der Waals surface area contributed by atoms with Crippen molar-refractivity contribution in [3.8, 4) is 5.75 Å². The van der Waals surface area contributed by atoms with Gasteiger partial charge in [0.25, 0.3) is 0 Å². The van der Waals surface area contributed by atoms with Crippen LogP contribution in [0.15, 0.2) is 24.3 Å². The van der Waals surface area contributed by atoms with E-state index >= 15 is 0 Å². The number of carboxylic acids is 1. The first-order chi connectivity index (χ1) is 7.83. The van der Waals surface area contributed by atoms with Gasteiger partial charge in [0.1, 0.15) is 11.8 Å². The number of carboxylic acid groups (broad SMARTS) is 1. The Morgan fingerprint density at radius 3 is 2.24 bits per heavy atom. The Kier molecular flexibility index (Phi) is 3.95. The monoisotopic (exact) mass is 249 g/mol. The van der Waals surface area contributed by atoms with Gasteiger partial charge in [-0.3, -0.25) is 4.79 Å². The Morgan fingerprint density at radius 2 is 1.88 bits per heavy atom. The van der Waals surface area contributed by atoms with E-state index in [1.165, 1.54) is 19.2 Å². The van der Waals surface area contributed by atoms with Crippen molar-refractivity contribution < 1.29 is 27.8 Å². The molecule has 0 aromatic heterocycles. The number of hydrogen-bond acceptors (Lipinski definition) is 3. The zero-order valence-corrected chi connectivity index (χ0v) is 8.78. The number of nitrogens with one attached hydrogen (secondary N) is 1. The lowest BCUT2D eigenvalue weighted by molar-refractivity contribution is -0.274. The van der Waals surface area contributed by atoms with E-state index in [2.05, 4.69) is 10.1 Å². The smallest absolute Gasteiger partial charge is 0.480 e. The van der Waals surface area contributed by atoms with Crippen LogP contribution in [-0.4, -0.2) is 24.5 Å². The van der Waals surface area contributed by atoms with E-state index < -0.39 is 18.4 Å². The predicted octanol–water partition coefficient (Wildman–Crippen LogP) is 1.93. The first-order valence-corrected chi connectivity index (χ1v) is 4.59. The van der Waals surface area contributed by atoms with Gasteiger partial charge in [0.15, 0.2) is 0 Å². The highest BCUT2D eigenvalue weighted by atomic mass is 19.4. The Hall–Kier alpha value is -1.76. The van der Waals surface area contributed by atoms with Gasteiger partial charge in [0, 0.05) is 0 Å². The lowest BCUT2D eigenvalue weighted by atomic mass is 10.1. The normalized spacial score (nSPS) is 13.2. The number of carbonyl (C=O) groups is 1. The minimum absolute atomic E-state index is 0.342. The molecule has 1 aromatic rings. The lowest BCUT2D eigenvalue weighted by Gasteiger charge is -2.13. The highest BCUT2D eigenvalue weighted by Crippen LogP contribution is 2.24. The molecule has 17 heavy (non-hydrogen) atoms. The maximum Gasteiger partial charge on any atom is 0.573 e. The van der Waals surface area contributed by atoms with Crippen LogP contribution in [0.4, 0.5) is 13.2 Å². The van der Waals surface area contributed by atoms with Crippen molar-refractivity contribution in [3.05, 3.63) is 29.8 Å². The Labute approximate surface area is 95.0 Å². The molecule has 1 rings (SSSR count). The van der Waals surface area contributed by atoms with Gasteiger partial charge in [-0.15, -0.1) is 13.2 Å². The van der Waals surface area contributed by atoms with E-state index in [-0.39, 0.29) is 5.75 Å². The number of halogens is 3. The van der Waals surface area contributed by atoms with Crippen LogP contribution in [0.5, 0.6) is 5.75 Å². The van der Waals surface area contributed by atoms with E-state index in [1.807, 2.05) is 0 Å². The van der Waals surface area contributed by atoms with Gasteiger partial charge in [0.2, 0.25) is 0 Å². The SMILES string of the molecule is CN[C@H](C(=O)O)c1ccc(OC(F)(F)F)cc1. The van der Waals surface area contributed by atoms with E-state index in [0.717, 1.165) is 12.1 Å². The highest BCUT2D eigenvalue weighted by molar-refractivity contribution is 5.75. The lowest BCUT2D eigenvalue weighted by Crippen LogP contribution is -2.24. The quantitative estimate of drug-likeness (QED) is 0.856. The molecule has 0 bridgehead atoms. The molecule has 0 amide bonds. The van der Waals surface area contributed by atoms with Crippen LogP contribution in [0.1, 0.15) is 11.6 Å². The van der Waals surface area contributed by atoms with Gasteiger partial charge < -0.3 is 15.2 Å². The minimum Gasteiger partial charge on any atom is -0.480 e. The maximum atomic E-state index is 11.9. The summed E-state index contributed by atoms with van der Waals surface area (Å²) in [6.45, 7) is 0. The molecule has 94 valence electrons. The molecule has 1 aromatic carbocycles. The van der Waals surface area contributed by atoms with Crippen LogP contribution in [0, 0.1) is 0 Å². The summed E-state index contributed by atoms with van der Waals surface area (Å²) in [7, 11) is 1.44. The third-order valence-corrected chi connectivity index (χ3v) is 1.98. The third kappa shape index (κ3) is 3.95. The van der Waals surface area contributed by atoms with Crippen molar-refractivity contribution in [3.63, 3.8) is 0 Å².